The van der Waals surface area contributed by atoms with Crippen LogP contribution in [0.1, 0.15) is 0 Å². The molecule has 0 radical (unpaired) electrons. The molecular weight excluding hydrogens is 126 g/mol. The van der Waals surface area contributed by atoms with E-state index in [9.17, 15) is 9.59 Å². The maximum atomic E-state index is 10.3. The molecule has 0 aromatic carbocycles. The minimum absolute atomic E-state index is 0.0729. The van der Waals surface area contributed by atoms with E-state index < -0.39 is 11.8 Å². The molecule has 1 aliphatic heterocycles. The van der Waals surface area contributed by atoms with Crippen molar-refractivity contribution in [3.05, 3.63) is 0 Å². The molecule has 0 atom stereocenters. The van der Waals surface area contributed by atoms with E-state index >= 15 is 0 Å². The Morgan fingerprint density at radius 1 is 1.33 bits per heavy atom. The summed E-state index contributed by atoms with van der Waals surface area (Å²) < 4.78 is 4.46. The number of ether oxygens (including phenoxy) is 1. The Bertz CT molecular complexity index is 139. The highest BCUT2D eigenvalue weighted by atomic mass is 16.6. The Morgan fingerprint density at radius 2 is 1.78 bits per heavy atom. The van der Waals surface area contributed by atoms with Crippen LogP contribution in [0.5, 0.6) is 0 Å². The van der Waals surface area contributed by atoms with Gasteiger partial charge in [-0.1, -0.05) is 0 Å². The van der Waals surface area contributed by atoms with Crippen LogP contribution in [0.25, 0.3) is 0 Å². The number of hydrogen-bond acceptors (Lipinski definition) is 4. The molecular formula is C4H5NO4. The van der Waals surface area contributed by atoms with Gasteiger partial charge in [-0.2, -0.15) is 5.06 Å². The van der Waals surface area contributed by atoms with Crippen molar-refractivity contribution in [1.82, 2.24) is 5.06 Å². The number of carbonyl (C=O) groups excluding carboxylic acids is 2. The predicted octanol–water partition coefficient (Wildman–Crippen LogP) is -1.24. The van der Waals surface area contributed by atoms with Crippen LogP contribution in [-0.4, -0.2) is 35.3 Å². The van der Waals surface area contributed by atoms with Crippen LogP contribution in [0, 0.1) is 0 Å². The lowest BCUT2D eigenvalue weighted by molar-refractivity contribution is -0.193. The van der Waals surface area contributed by atoms with E-state index in [-0.39, 0.29) is 18.3 Å². The summed E-state index contributed by atoms with van der Waals surface area (Å²) >= 11 is 0. The zero-order chi connectivity index (χ0) is 6.85. The van der Waals surface area contributed by atoms with Gasteiger partial charge in [-0.3, -0.25) is 14.8 Å². The van der Waals surface area contributed by atoms with Crippen molar-refractivity contribution < 1.29 is 19.5 Å². The summed E-state index contributed by atoms with van der Waals surface area (Å²) in [7, 11) is 0. The molecule has 1 N–H and O–H groups in total. The number of amides is 2. The van der Waals surface area contributed by atoms with Crippen molar-refractivity contribution in [2.24, 2.45) is 0 Å². The van der Waals surface area contributed by atoms with Crippen LogP contribution in [-0.2, 0) is 14.3 Å². The first kappa shape index (κ1) is 6.18. The highest BCUT2D eigenvalue weighted by Gasteiger charge is 2.24. The van der Waals surface area contributed by atoms with E-state index in [2.05, 4.69) is 4.74 Å². The van der Waals surface area contributed by atoms with Crippen LogP contribution < -0.4 is 0 Å². The van der Waals surface area contributed by atoms with Crippen molar-refractivity contribution in [3.63, 3.8) is 0 Å². The number of hydrogen-bond donors (Lipinski definition) is 1. The smallest absolute Gasteiger partial charge is 0.279 e. The standard InChI is InChI=1S/C4H5NO4/c6-3-1-9-2-4(7)5(3)8/h8H,1-2H2. The van der Waals surface area contributed by atoms with Crippen LogP contribution in [0.3, 0.4) is 0 Å². The van der Waals surface area contributed by atoms with Crippen LogP contribution in [0.2, 0.25) is 0 Å². The zero-order valence-corrected chi connectivity index (χ0v) is 4.53. The maximum Gasteiger partial charge on any atom is 0.279 e. The van der Waals surface area contributed by atoms with Gasteiger partial charge in [0.15, 0.2) is 0 Å². The SMILES string of the molecule is O=C1COCC(=O)N1O. The van der Waals surface area contributed by atoms with Gasteiger partial charge in [-0.15, -0.1) is 0 Å². The molecule has 1 aliphatic rings. The third-order valence-electron chi connectivity index (χ3n) is 0.924. The first-order chi connectivity index (χ1) is 4.22. The summed E-state index contributed by atoms with van der Waals surface area (Å²) in [5.74, 6) is -1.43. The normalized spacial score (nSPS) is 20.8. The van der Waals surface area contributed by atoms with Crippen molar-refractivity contribution in [2.45, 2.75) is 0 Å². The van der Waals surface area contributed by atoms with Gasteiger partial charge in [-0.05, 0) is 0 Å². The molecule has 50 valence electrons. The number of imide groups is 1. The lowest BCUT2D eigenvalue weighted by Gasteiger charge is -2.17. The Kier molecular flexibility index (Phi) is 1.46. The van der Waals surface area contributed by atoms with E-state index in [1.165, 1.54) is 0 Å². The van der Waals surface area contributed by atoms with Gasteiger partial charge in [0, 0.05) is 0 Å². The van der Waals surface area contributed by atoms with Crippen LogP contribution >= 0.6 is 0 Å². The average Bonchev–Trinajstić information content (AvgIpc) is 1.83. The molecule has 0 aliphatic carbocycles. The van der Waals surface area contributed by atoms with Gasteiger partial charge in [-0.25, -0.2) is 0 Å². The highest BCUT2D eigenvalue weighted by molar-refractivity contribution is 5.96. The molecule has 2 amide bonds. The molecule has 5 heteroatoms. The molecule has 0 saturated carbocycles. The molecule has 0 spiro atoms. The summed E-state index contributed by atoms with van der Waals surface area (Å²) in [6.07, 6.45) is 0. The summed E-state index contributed by atoms with van der Waals surface area (Å²) in [4.78, 5) is 20.7. The summed E-state index contributed by atoms with van der Waals surface area (Å²) in [5.41, 5.74) is 0. The second-order valence-corrected chi connectivity index (χ2v) is 1.59. The van der Waals surface area contributed by atoms with Gasteiger partial charge in [0.1, 0.15) is 13.2 Å². The minimum atomic E-state index is -0.716. The molecule has 1 saturated heterocycles. The van der Waals surface area contributed by atoms with E-state index in [1.54, 1.807) is 0 Å². The summed E-state index contributed by atoms with van der Waals surface area (Å²) in [6, 6.07) is 0. The Balaban J connectivity index is 2.62. The number of nitrogens with zero attached hydrogens (tertiary/aromatic N) is 1. The Hall–Kier alpha value is -0.940. The average molecular weight is 131 g/mol. The van der Waals surface area contributed by atoms with Gasteiger partial charge in [0.25, 0.3) is 11.8 Å². The van der Waals surface area contributed by atoms with Crippen LogP contribution in [0.4, 0.5) is 0 Å². The fourth-order valence-corrected chi connectivity index (χ4v) is 0.487. The van der Waals surface area contributed by atoms with Gasteiger partial charge in [0.05, 0.1) is 0 Å². The number of morpholine rings is 1. The summed E-state index contributed by atoms with van der Waals surface area (Å²) in [6.45, 7) is -0.440. The molecule has 0 bridgehead atoms. The van der Waals surface area contributed by atoms with Crippen molar-refractivity contribution in [2.75, 3.05) is 13.2 Å². The molecule has 1 heterocycles. The lowest BCUT2D eigenvalue weighted by Crippen LogP contribution is -2.43. The number of hydroxylamine groups is 2. The largest absolute Gasteiger partial charge is 0.362 e. The van der Waals surface area contributed by atoms with E-state index in [0.29, 0.717) is 0 Å². The van der Waals surface area contributed by atoms with Crippen molar-refractivity contribution in [1.29, 1.82) is 0 Å². The second-order valence-electron chi connectivity index (χ2n) is 1.59. The third-order valence-corrected chi connectivity index (χ3v) is 0.924. The topological polar surface area (TPSA) is 66.8 Å². The molecule has 1 fully saturated rings. The van der Waals surface area contributed by atoms with E-state index in [4.69, 9.17) is 5.21 Å². The molecule has 9 heavy (non-hydrogen) atoms. The molecule has 0 unspecified atom stereocenters. The zero-order valence-electron chi connectivity index (χ0n) is 4.53. The second kappa shape index (κ2) is 2.12. The fraction of sp³-hybridized carbons (Fsp3) is 0.500. The van der Waals surface area contributed by atoms with Gasteiger partial charge >= 0.3 is 0 Å². The van der Waals surface area contributed by atoms with E-state index in [1.807, 2.05) is 0 Å². The highest BCUT2D eigenvalue weighted by Crippen LogP contribution is 1.94. The first-order valence-corrected chi connectivity index (χ1v) is 2.34. The first-order valence-electron chi connectivity index (χ1n) is 2.34. The molecule has 0 aromatic rings. The minimum Gasteiger partial charge on any atom is -0.362 e. The monoisotopic (exact) mass is 131 g/mol. The Morgan fingerprint density at radius 3 is 2.11 bits per heavy atom. The molecule has 5 nitrogen and oxygen atoms in total. The quantitative estimate of drug-likeness (QED) is 0.330. The number of carbonyl (C=O) groups is 2. The van der Waals surface area contributed by atoms with Gasteiger partial charge < -0.3 is 4.74 Å². The van der Waals surface area contributed by atoms with Gasteiger partial charge in [0.2, 0.25) is 0 Å². The number of rotatable bonds is 0. The van der Waals surface area contributed by atoms with Crippen molar-refractivity contribution >= 4 is 11.8 Å². The lowest BCUT2D eigenvalue weighted by atomic mass is 10.5. The third kappa shape index (κ3) is 1.06. The molecule has 0 aromatic heterocycles. The predicted molar refractivity (Wildman–Crippen MR) is 24.5 cm³/mol. The Labute approximate surface area is 50.8 Å². The van der Waals surface area contributed by atoms with Crippen LogP contribution in [0.15, 0.2) is 0 Å². The maximum absolute atomic E-state index is 10.3. The van der Waals surface area contributed by atoms with Crippen molar-refractivity contribution in [3.8, 4) is 0 Å². The molecule has 1 rings (SSSR count). The van der Waals surface area contributed by atoms with E-state index in [0.717, 1.165) is 0 Å². The summed E-state index contributed by atoms with van der Waals surface area (Å²) in [5, 5.41) is 8.57. The fourth-order valence-electron chi connectivity index (χ4n) is 0.487.